The van der Waals surface area contributed by atoms with Crippen LogP contribution in [-0.4, -0.2) is 30.1 Å². The van der Waals surface area contributed by atoms with E-state index in [-0.39, 0.29) is 5.91 Å². The smallest absolute Gasteiger partial charge is 0.270 e. The summed E-state index contributed by atoms with van der Waals surface area (Å²) < 4.78 is 5.91. The predicted octanol–water partition coefficient (Wildman–Crippen LogP) is 4.20. The van der Waals surface area contributed by atoms with Crippen molar-refractivity contribution in [3.63, 3.8) is 0 Å². The highest BCUT2D eigenvalue weighted by atomic mass is 32.1. The van der Waals surface area contributed by atoms with Crippen LogP contribution < -0.4 is 5.32 Å². The topological polar surface area (TPSA) is 51.2 Å². The number of amides is 1. The third kappa shape index (κ3) is 4.40. The van der Waals surface area contributed by atoms with Crippen LogP contribution in [0, 0.1) is 5.92 Å². The Morgan fingerprint density at radius 2 is 2.26 bits per heavy atom. The molecule has 0 aromatic carbocycles. The standard InChI is InChI=1S/C17H22N2O2S2/c1-12-5-2-3-6-14(12)21-9-8-18-16(20)13-11-23-17(19-13)15-7-4-10-22-15/h4,7,10-12,14H,2-3,5-6,8-9H2,1H3,(H,18,20). The number of ether oxygens (including phenoxy) is 1. The van der Waals surface area contributed by atoms with Gasteiger partial charge in [0.05, 0.1) is 17.6 Å². The van der Waals surface area contributed by atoms with Crippen molar-refractivity contribution in [2.24, 2.45) is 5.92 Å². The molecule has 2 heterocycles. The molecule has 0 aliphatic heterocycles. The van der Waals surface area contributed by atoms with Gasteiger partial charge in [0.25, 0.3) is 5.91 Å². The van der Waals surface area contributed by atoms with E-state index in [1.165, 1.54) is 30.6 Å². The minimum Gasteiger partial charge on any atom is -0.376 e. The molecule has 0 spiro atoms. The van der Waals surface area contributed by atoms with E-state index in [4.69, 9.17) is 4.74 Å². The minimum atomic E-state index is -0.121. The molecule has 1 N–H and O–H groups in total. The van der Waals surface area contributed by atoms with Crippen LogP contribution in [0.2, 0.25) is 0 Å². The van der Waals surface area contributed by atoms with E-state index >= 15 is 0 Å². The molecule has 0 bridgehead atoms. The first-order valence-electron chi connectivity index (χ1n) is 8.13. The number of thiazole rings is 1. The summed E-state index contributed by atoms with van der Waals surface area (Å²) in [5.74, 6) is 0.510. The normalized spacial score (nSPS) is 21.3. The molecule has 124 valence electrons. The lowest BCUT2D eigenvalue weighted by Gasteiger charge is -2.28. The Hall–Kier alpha value is -1.24. The van der Waals surface area contributed by atoms with E-state index in [2.05, 4.69) is 17.2 Å². The molecule has 2 atom stereocenters. The molecule has 2 aromatic rings. The van der Waals surface area contributed by atoms with Crippen molar-refractivity contribution in [3.05, 3.63) is 28.6 Å². The van der Waals surface area contributed by atoms with E-state index in [1.54, 1.807) is 11.3 Å². The number of hydrogen-bond donors (Lipinski definition) is 1. The first-order chi connectivity index (χ1) is 11.2. The SMILES string of the molecule is CC1CCCCC1OCCNC(=O)c1csc(-c2cccs2)n1. The lowest BCUT2D eigenvalue weighted by Crippen LogP contribution is -2.31. The molecular formula is C17H22N2O2S2. The molecular weight excluding hydrogens is 328 g/mol. The molecule has 23 heavy (non-hydrogen) atoms. The number of carbonyl (C=O) groups excluding carboxylic acids is 1. The van der Waals surface area contributed by atoms with Gasteiger partial charge in [-0.3, -0.25) is 4.79 Å². The summed E-state index contributed by atoms with van der Waals surface area (Å²) in [5, 5.41) is 7.62. The van der Waals surface area contributed by atoms with Gasteiger partial charge < -0.3 is 10.1 Å². The summed E-state index contributed by atoms with van der Waals surface area (Å²) in [4.78, 5) is 17.6. The van der Waals surface area contributed by atoms with Gasteiger partial charge in [-0.15, -0.1) is 22.7 Å². The Morgan fingerprint density at radius 3 is 3.04 bits per heavy atom. The molecule has 2 unspecified atom stereocenters. The highest BCUT2D eigenvalue weighted by Gasteiger charge is 2.21. The second-order valence-electron chi connectivity index (χ2n) is 5.94. The van der Waals surface area contributed by atoms with Crippen LogP contribution in [0.5, 0.6) is 0 Å². The molecule has 1 saturated carbocycles. The zero-order valence-corrected chi connectivity index (χ0v) is 14.9. The van der Waals surface area contributed by atoms with E-state index < -0.39 is 0 Å². The molecule has 1 aliphatic rings. The molecule has 0 saturated heterocycles. The van der Waals surface area contributed by atoms with E-state index in [0.717, 1.165) is 16.3 Å². The fourth-order valence-corrected chi connectivity index (χ4v) is 4.50. The average molecular weight is 351 g/mol. The van der Waals surface area contributed by atoms with Crippen molar-refractivity contribution < 1.29 is 9.53 Å². The molecule has 6 heteroatoms. The van der Waals surface area contributed by atoms with Crippen LogP contribution in [0.25, 0.3) is 9.88 Å². The Balaban J connectivity index is 1.43. The quantitative estimate of drug-likeness (QED) is 0.795. The zero-order valence-electron chi connectivity index (χ0n) is 13.3. The maximum absolute atomic E-state index is 12.1. The molecule has 1 amide bonds. The van der Waals surface area contributed by atoms with Crippen LogP contribution >= 0.6 is 22.7 Å². The molecule has 1 aliphatic carbocycles. The van der Waals surface area contributed by atoms with E-state index in [1.807, 2.05) is 22.9 Å². The van der Waals surface area contributed by atoms with Crippen LogP contribution in [0.3, 0.4) is 0 Å². The van der Waals surface area contributed by atoms with E-state index in [9.17, 15) is 4.79 Å². The highest BCUT2D eigenvalue weighted by Crippen LogP contribution is 2.28. The van der Waals surface area contributed by atoms with Crippen molar-refractivity contribution in [2.45, 2.75) is 38.7 Å². The number of rotatable bonds is 6. The molecule has 1 fully saturated rings. The van der Waals surface area contributed by atoms with Gasteiger partial charge in [0.2, 0.25) is 0 Å². The van der Waals surface area contributed by atoms with Gasteiger partial charge in [0.1, 0.15) is 10.7 Å². The second-order valence-corrected chi connectivity index (χ2v) is 7.75. The first kappa shape index (κ1) is 16.6. The molecule has 2 aromatic heterocycles. The number of hydrogen-bond acceptors (Lipinski definition) is 5. The molecule has 3 rings (SSSR count). The fourth-order valence-electron chi connectivity index (χ4n) is 2.89. The van der Waals surface area contributed by atoms with Gasteiger partial charge in [-0.2, -0.15) is 0 Å². The summed E-state index contributed by atoms with van der Waals surface area (Å²) in [6.07, 6.45) is 5.32. The van der Waals surface area contributed by atoms with Gasteiger partial charge in [0, 0.05) is 11.9 Å². The Kier molecular flexibility index (Phi) is 5.80. The number of nitrogens with one attached hydrogen (secondary N) is 1. The maximum Gasteiger partial charge on any atom is 0.270 e. The van der Waals surface area contributed by atoms with Gasteiger partial charge in [0.15, 0.2) is 0 Å². The van der Waals surface area contributed by atoms with Crippen LogP contribution in [0.1, 0.15) is 43.1 Å². The number of thiophene rings is 1. The van der Waals surface area contributed by atoms with Crippen molar-refractivity contribution in [1.82, 2.24) is 10.3 Å². The number of aromatic nitrogens is 1. The summed E-state index contributed by atoms with van der Waals surface area (Å²) in [6.45, 7) is 3.36. The van der Waals surface area contributed by atoms with Crippen molar-refractivity contribution in [3.8, 4) is 9.88 Å². The fraction of sp³-hybridized carbons (Fsp3) is 0.529. The minimum absolute atomic E-state index is 0.121. The Labute approximate surface area is 144 Å². The largest absolute Gasteiger partial charge is 0.376 e. The Bertz CT molecular complexity index is 624. The monoisotopic (exact) mass is 350 g/mol. The maximum atomic E-state index is 12.1. The van der Waals surface area contributed by atoms with Crippen molar-refractivity contribution in [1.29, 1.82) is 0 Å². The Morgan fingerprint density at radius 1 is 1.39 bits per heavy atom. The third-order valence-electron chi connectivity index (χ3n) is 4.22. The van der Waals surface area contributed by atoms with Crippen LogP contribution in [0.4, 0.5) is 0 Å². The summed E-state index contributed by atoms with van der Waals surface area (Å²) in [7, 11) is 0. The van der Waals surface area contributed by atoms with Gasteiger partial charge in [-0.25, -0.2) is 4.98 Å². The van der Waals surface area contributed by atoms with Gasteiger partial charge in [-0.1, -0.05) is 25.8 Å². The lowest BCUT2D eigenvalue weighted by molar-refractivity contribution is -0.00294. The molecule has 4 nitrogen and oxygen atoms in total. The predicted molar refractivity (Wildman–Crippen MR) is 95.1 cm³/mol. The number of nitrogens with zero attached hydrogens (tertiary/aromatic N) is 1. The first-order valence-corrected chi connectivity index (χ1v) is 9.89. The van der Waals surface area contributed by atoms with Gasteiger partial charge >= 0.3 is 0 Å². The van der Waals surface area contributed by atoms with Gasteiger partial charge in [-0.05, 0) is 30.2 Å². The second kappa shape index (κ2) is 8.04. The lowest BCUT2D eigenvalue weighted by atomic mass is 9.88. The third-order valence-corrected chi connectivity index (χ3v) is 6.10. The zero-order chi connectivity index (χ0) is 16.1. The van der Waals surface area contributed by atoms with E-state index in [0.29, 0.717) is 30.9 Å². The van der Waals surface area contributed by atoms with Crippen molar-refractivity contribution in [2.75, 3.05) is 13.2 Å². The average Bonchev–Trinajstić information content (AvgIpc) is 3.23. The summed E-state index contributed by atoms with van der Waals surface area (Å²) in [5.41, 5.74) is 0.490. The van der Waals surface area contributed by atoms with Crippen LogP contribution in [0.15, 0.2) is 22.9 Å². The van der Waals surface area contributed by atoms with Crippen LogP contribution in [-0.2, 0) is 4.74 Å². The molecule has 0 radical (unpaired) electrons. The van der Waals surface area contributed by atoms with Crippen molar-refractivity contribution >= 4 is 28.6 Å². The highest BCUT2D eigenvalue weighted by molar-refractivity contribution is 7.20. The summed E-state index contributed by atoms with van der Waals surface area (Å²) >= 11 is 3.14. The summed E-state index contributed by atoms with van der Waals surface area (Å²) in [6, 6.07) is 4.01. The number of carbonyl (C=O) groups is 1.